The fourth-order valence-electron chi connectivity index (χ4n) is 2.94. The standard InChI is InChI=1S/C17H25ClN2O3S/c18-15-10-6-7-11-16(15)24(22,23)19-13-12-17(21)20-14-8-4-2-1-3-5-9-14/h6-7,10-11,14,19H,1-5,8-9,12-13H2,(H,20,21). The number of sulfonamides is 1. The molecule has 1 aromatic rings. The molecule has 134 valence electrons. The monoisotopic (exact) mass is 372 g/mol. The molecule has 0 saturated heterocycles. The highest BCUT2D eigenvalue weighted by molar-refractivity contribution is 7.89. The maximum Gasteiger partial charge on any atom is 0.242 e. The molecule has 2 N–H and O–H groups in total. The summed E-state index contributed by atoms with van der Waals surface area (Å²) >= 11 is 5.91. The quantitative estimate of drug-likeness (QED) is 0.804. The smallest absolute Gasteiger partial charge is 0.242 e. The van der Waals surface area contributed by atoms with Gasteiger partial charge in [0.05, 0.1) is 5.02 Å². The largest absolute Gasteiger partial charge is 0.353 e. The highest BCUT2D eigenvalue weighted by Crippen LogP contribution is 2.20. The lowest BCUT2D eigenvalue weighted by Gasteiger charge is -2.21. The van der Waals surface area contributed by atoms with Crippen molar-refractivity contribution in [1.29, 1.82) is 0 Å². The van der Waals surface area contributed by atoms with Crippen LogP contribution in [0.3, 0.4) is 0 Å². The Balaban J connectivity index is 1.78. The van der Waals surface area contributed by atoms with E-state index in [0.29, 0.717) is 0 Å². The van der Waals surface area contributed by atoms with E-state index in [1.165, 1.54) is 31.4 Å². The van der Waals surface area contributed by atoms with E-state index < -0.39 is 10.0 Å². The molecule has 1 aromatic carbocycles. The Labute approximate surface area is 149 Å². The van der Waals surface area contributed by atoms with Crippen molar-refractivity contribution < 1.29 is 13.2 Å². The first-order chi connectivity index (χ1) is 11.5. The van der Waals surface area contributed by atoms with Gasteiger partial charge in [-0.25, -0.2) is 13.1 Å². The molecule has 0 unspecified atom stereocenters. The van der Waals surface area contributed by atoms with Gasteiger partial charge < -0.3 is 5.32 Å². The fraction of sp³-hybridized carbons (Fsp3) is 0.588. The summed E-state index contributed by atoms with van der Waals surface area (Å²) < 4.78 is 26.8. The number of halogens is 1. The molecular weight excluding hydrogens is 348 g/mol. The van der Waals surface area contributed by atoms with Crippen LogP contribution in [0.1, 0.15) is 51.4 Å². The zero-order valence-electron chi connectivity index (χ0n) is 13.8. The normalized spacial score (nSPS) is 17.0. The predicted octanol–water partition coefficient (Wildman–Crippen LogP) is 3.24. The first kappa shape index (κ1) is 19.2. The number of hydrogen-bond acceptors (Lipinski definition) is 3. The molecule has 1 saturated carbocycles. The summed E-state index contributed by atoms with van der Waals surface area (Å²) in [6, 6.07) is 6.47. The third kappa shape index (κ3) is 6.07. The van der Waals surface area contributed by atoms with Crippen LogP contribution in [-0.4, -0.2) is 26.9 Å². The Bertz CT molecular complexity index is 641. The Kier molecular flexibility index (Phi) is 7.52. The van der Waals surface area contributed by atoms with Gasteiger partial charge in [0, 0.05) is 19.0 Å². The van der Waals surface area contributed by atoms with Gasteiger partial charge >= 0.3 is 0 Å². The van der Waals surface area contributed by atoms with Crippen molar-refractivity contribution in [1.82, 2.24) is 10.0 Å². The minimum Gasteiger partial charge on any atom is -0.353 e. The molecule has 7 heteroatoms. The van der Waals surface area contributed by atoms with Gasteiger partial charge in [-0.05, 0) is 25.0 Å². The Morgan fingerprint density at radius 1 is 1.08 bits per heavy atom. The third-order valence-electron chi connectivity index (χ3n) is 4.24. The van der Waals surface area contributed by atoms with Gasteiger partial charge in [-0.3, -0.25) is 4.79 Å². The molecule has 0 heterocycles. The molecule has 0 aliphatic heterocycles. The summed E-state index contributed by atoms with van der Waals surface area (Å²) in [5.74, 6) is -0.109. The van der Waals surface area contributed by atoms with Crippen LogP contribution in [0.5, 0.6) is 0 Å². The number of benzene rings is 1. The van der Waals surface area contributed by atoms with Crippen LogP contribution in [0.4, 0.5) is 0 Å². The zero-order chi connectivity index (χ0) is 17.4. The SMILES string of the molecule is O=C(CCNS(=O)(=O)c1ccccc1Cl)NC1CCCCCCC1. The second-order valence-electron chi connectivity index (χ2n) is 6.19. The molecule has 0 radical (unpaired) electrons. The molecule has 2 rings (SSSR count). The number of rotatable bonds is 6. The zero-order valence-corrected chi connectivity index (χ0v) is 15.3. The van der Waals surface area contributed by atoms with Gasteiger partial charge in [-0.15, -0.1) is 0 Å². The number of carbonyl (C=O) groups excluding carboxylic acids is 1. The summed E-state index contributed by atoms with van der Waals surface area (Å²) in [6.07, 6.45) is 8.17. The van der Waals surface area contributed by atoms with Crippen LogP contribution < -0.4 is 10.0 Å². The van der Waals surface area contributed by atoms with Crippen molar-refractivity contribution in [2.45, 2.75) is 62.3 Å². The molecular formula is C17H25ClN2O3S. The van der Waals surface area contributed by atoms with Crippen molar-refractivity contribution in [3.63, 3.8) is 0 Å². The van der Waals surface area contributed by atoms with Crippen LogP contribution in [0.25, 0.3) is 0 Å². The van der Waals surface area contributed by atoms with Crippen molar-refractivity contribution in [2.24, 2.45) is 0 Å². The Hall–Kier alpha value is -1.11. The van der Waals surface area contributed by atoms with E-state index in [4.69, 9.17) is 11.6 Å². The molecule has 1 amide bonds. The van der Waals surface area contributed by atoms with E-state index in [1.807, 2.05) is 0 Å². The van der Waals surface area contributed by atoms with Crippen LogP contribution in [0.15, 0.2) is 29.2 Å². The fourth-order valence-corrected chi connectivity index (χ4v) is 4.49. The van der Waals surface area contributed by atoms with E-state index in [-0.39, 0.29) is 34.8 Å². The molecule has 0 atom stereocenters. The number of nitrogens with one attached hydrogen (secondary N) is 2. The molecule has 24 heavy (non-hydrogen) atoms. The molecule has 1 aliphatic carbocycles. The van der Waals surface area contributed by atoms with Gasteiger partial charge in [-0.1, -0.05) is 55.8 Å². The second-order valence-corrected chi connectivity index (χ2v) is 8.33. The average molecular weight is 373 g/mol. The molecule has 1 fully saturated rings. The lowest BCUT2D eigenvalue weighted by molar-refractivity contribution is -0.121. The number of amides is 1. The van der Waals surface area contributed by atoms with Crippen LogP contribution >= 0.6 is 11.6 Å². The van der Waals surface area contributed by atoms with Gasteiger partial charge in [0.15, 0.2) is 0 Å². The number of hydrogen-bond donors (Lipinski definition) is 2. The Morgan fingerprint density at radius 3 is 2.38 bits per heavy atom. The van der Waals surface area contributed by atoms with Gasteiger partial charge in [-0.2, -0.15) is 0 Å². The van der Waals surface area contributed by atoms with Crippen LogP contribution in [-0.2, 0) is 14.8 Å². The molecule has 0 spiro atoms. The van der Waals surface area contributed by atoms with E-state index in [1.54, 1.807) is 12.1 Å². The lowest BCUT2D eigenvalue weighted by Crippen LogP contribution is -2.37. The van der Waals surface area contributed by atoms with Crippen LogP contribution in [0.2, 0.25) is 5.02 Å². The summed E-state index contributed by atoms with van der Waals surface area (Å²) in [4.78, 5) is 12.1. The molecule has 5 nitrogen and oxygen atoms in total. The van der Waals surface area contributed by atoms with E-state index in [9.17, 15) is 13.2 Å². The minimum absolute atomic E-state index is 0.0343. The van der Waals surface area contributed by atoms with Crippen molar-refractivity contribution in [3.05, 3.63) is 29.3 Å². The van der Waals surface area contributed by atoms with Gasteiger partial charge in [0.1, 0.15) is 4.90 Å². The van der Waals surface area contributed by atoms with Crippen molar-refractivity contribution in [2.75, 3.05) is 6.54 Å². The second kappa shape index (κ2) is 9.39. The maximum atomic E-state index is 12.2. The van der Waals surface area contributed by atoms with Crippen molar-refractivity contribution in [3.8, 4) is 0 Å². The summed E-state index contributed by atoms with van der Waals surface area (Å²) in [5.41, 5.74) is 0. The van der Waals surface area contributed by atoms with E-state index in [0.717, 1.165) is 25.7 Å². The van der Waals surface area contributed by atoms with Gasteiger partial charge in [0.25, 0.3) is 0 Å². The summed E-state index contributed by atoms with van der Waals surface area (Å²) in [5, 5.41) is 3.19. The van der Waals surface area contributed by atoms with Gasteiger partial charge in [0.2, 0.25) is 15.9 Å². The topological polar surface area (TPSA) is 75.3 Å². The summed E-state index contributed by atoms with van der Waals surface area (Å²) in [6.45, 7) is 0.0616. The minimum atomic E-state index is -3.69. The lowest BCUT2D eigenvalue weighted by atomic mass is 9.96. The van der Waals surface area contributed by atoms with E-state index in [2.05, 4.69) is 10.0 Å². The number of carbonyl (C=O) groups is 1. The predicted molar refractivity (Wildman–Crippen MR) is 95.5 cm³/mol. The molecule has 0 bridgehead atoms. The molecule has 1 aliphatic rings. The highest BCUT2D eigenvalue weighted by atomic mass is 35.5. The summed E-state index contributed by atoms with van der Waals surface area (Å²) in [7, 11) is -3.69. The maximum absolute atomic E-state index is 12.2. The molecule has 0 aromatic heterocycles. The average Bonchev–Trinajstić information content (AvgIpc) is 2.50. The highest BCUT2D eigenvalue weighted by Gasteiger charge is 2.18. The van der Waals surface area contributed by atoms with Crippen molar-refractivity contribution >= 4 is 27.5 Å². The van der Waals surface area contributed by atoms with E-state index >= 15 is 0 Å². The first-order valence-electron chi connectivity index (χ1n) is 8.52. The Morgan fingerprint density at radius 2 is 1.71 bits per heavy atom. The first-order valence-corrected chi connectivity index (χ1v) is 10.4. The van der Waals surface area contributed by atoms with Crippen LogP contribution in [0, 0.1) is 0 Å². The third-order valence-corrected chi connectivity index (χ3v) is 6.20.